The molecule has 0 aliphatic carbocycles. The van der Waals surface area contributed by atoms with Crippen molar-refractivity contribution in [2.75, 3.05) is 36.5 Å². The molecule has 0 atom stereocenters. The minimum atomic E-state index is -4.67. The van der Waals surface area contributed by atoms with E-state index in [1.807, 2.05) is 0 Å². The monoisotopic (exact) mass is 494 g/mol. The van der Waals surface area contributed by atoms with E-state index in [0.717, 1.165) is 23.5 Å². The van der Waals surface area contributed by atoms with E-state index in [4.69, 9.17) is 4.74 Å². The SMILES string of the molecule is O=C(COC(=O)c1sccc1S(=O)(=O)N1CCSCC1)Nc1ccccc1C(F)(F)F. The largest absolute Gasteiger partial charge is 0.451 e. The summed E-state index contributed by atoms with van der Waals surface area (Å²) in [5, 5.41) is 3.47. The van der Waals surface area contributed by atoms with Crippen LogP contribution < -0.4 is 5.32 Å². The molecule has 1 aliphatic rings. The number of nitrogens with one attached hydrogen (secondary N) is 1. The molecule has 2 aromatic rings. The molecular weight excluding hydrogens is 477 g/mol. The van der Waals surface area contributed by atoms with Crippen LogP contribution in [0.25, 0.3) is 0 Å². The maximum Gasteiger partial charge on any atom is 0.418 e. The first kappa shape index (κ1) is 23.6. The van der Waals surface area contributed by atoms with Crippen molar-refractivity contribution >= 4 is 50.7 Å². The van der Waals surface area contributed by atoms with Crippen molar-refractivity contribution in [3.05, 3.63) is 46.2 Å². The van der Waals surface area contributed by atoms with Gasteiger partial charge in [0.05, 0.1) is 11.3 Å². The zero-order chi connectivity index (χ0) is 22.6. The number of hydrogen-bond acceptors (Lipinski definition) is 7. The Morgan fingerprint density at radius 1 is 1.13 bits per heavy atom. The molecule has 1 amide bonds. The Balaban J connectivity index is 1.66. The highest BCUT2D eigenvalue weighted by Crippen LogP contribution is 2.34. The third kappa shape index (κ3) is 5.59. The van der Waals surface area contributed by atoms with Crippen molar-refractivity contribution in [1.29, 1.82) is 0 Å². The molecule has 0 spiro atoms. The molecule has 13 heteroatoms. The van der Waals surface area contributed by atoms with Crippen LogP contribution in [-0.2, 0) is 25.7 Å². The number of hydrogen-bond donors (Lipinski definition) is 1. The van der Waals surface area contributed by atoms with Crippen LogP contribution in [0.15, 0.2) is 40.6 Å². The topological polar surface area (TPSA) is 92.8 Å². The van der Waals surface area contributed by atoms with Gasteiger partial charge >= 0.3 is 12.1 Å². The highest BCUT2D eigenvalue weighted by molar-refractivity contribution is 7.99. The number of esters is 1. The van der Waals surface area contributed by atoms with Crippen LogP contribution in [0.5, 0.6) is 0 Å². The van der Waals surface area contributed by atoms with Crippen LogP contribution in [-0.4, -0.2) is 55.8 Å². The van der Waals surface area contributed by atoms with Gasteiger partial charge in [-0.2, -0.15) is 29.2 Å². The molecule has 1 N–H and O–H groups in total. The van der Waals surface area contributed by atoms with Gasteiger partial charge < -0.3 is 10.1 Å². The number of amides is 1. The highest BCUT2D eigenvalue weighted by atomic mass is 32.2. The van der Waals surface area contributed by atoms with E-state index in [1.165, 1.54) is 27.9 Å². The molecule has 0 radical (unpaired) electrons. The summed E-state index contributed by atoms with van der Waals surface area (Å²) < 4.78 is 70.8. The Hall–Kier alpha value is -2.09. The number of ether oxygens (including phenoxy) is 1. The minimum Gasteiger partial charge on any atom is -0.451 e. The Bertz CT molecular complexity index is 1060. The first-order valence-electron chi connectivity index (χ1n) is 8.89. The average molecular weight is 495 g/mol. The van der Waals surface area contributed by atoms with Gasteiger partial charge in [-0.25, -0.2) is 13.2 Å². The van der Waals surface area contributed by atoms with Crippen LogP contribution in [0.4, 0.5) is 18.9 Å². The lowest BCUT2D eigenvalue weighted by molar-refractivity contribution is -0.137. The van der Waals surface area contributed by atoms with Crippen LogP contribution in [0.1, 0.15) is 15.2 Å². The smallest absolute Gasteiger partial charge is 0.418 e. The van der Waals surface area contributed by atoms with Gasteiger partial charge in [-0.3, -0.25) is 4.79 Å². The van der Waals surface area contributed by atoms with E-state index in [2.05, 4.69) is 5.32 Å². The number of alkyl halides is 3. The summed E-state index contributed by atoms with van der Waals surface area (Å²) in [6.45, 7) is -0.237. The first-order chi connectivity index (χ1) is 14.6. The lowest BCUT2D eigenvalue weighted by Gasteiger charge is -2.25. The lowest BCUT2D eigenvalue weighted by atomic mass is 10.1. The van der Waals surface area contributed by atoms with Crippen LogP contribution >= 0.6 is 23.1 Å². The van der Waals surface area contributed by atoms with Gasteiger partial charge in [0.25, 0.3) is 5.91 Å². The van der Waals surface area contributed by atoms with E-state index in [9.17, 15) is 31.2 Å². The summed E-state index contributed by atoms with van der Waals surface area (Å²) >= 11 is 2.47. The molecule has 1 aromatic carbocycles. The summed E-state index contributed by atoms with van der Waals surface area (Å²) in [7, 11) is -3.90. The second kappa shape index (κ2) is 9.59. The van der Waals surface area contributed by atoms with Gasteiger partial charge in [-0.15, -0.1) is 11.3 Å². The summed E-state index contributed by atoms with van der Waals surface area (Å²) in [6.07, 6.45) is -4.67. The number of anilines is 1. The average Bonchev–Trinajstić information content (AvgIpc) is 3.23. The molecule has 0 bridgehead atoms. The predicted molar refractivity (Wildman–Crippen MR) is 111 cm³/mol. The molecule has 1 fully saturated rings. The molecule has 31 heavy (non-hydrogen) atoms. The van der Waals surface area contributed by atoms with Crippen molar-refractivity contribution in [2.24, 2.45) is 0 Å². The fourth-order valence-electron chi connectivity index (χ4n) is 2.80. The van der Waals surface area contributed by atoms with Gasteiger partial charge in [0.2, 0.25) is 10.0 Å². The Morgan fingerprint density at radius 2 is 1.81 bits per heavy atom. The van der Waals surface area contributed by atoms with Gasteiger partial charge in [0.1, 0.15) is 9.77 Å². The van der Waals surface area contributed by atoms with E-state index < -0.39 is 45.9 Å². The molecule has 3 rings (SSSR count). The number of nitrogens with zero attached hydrogens (tertiary/aromatic N) is 1. The zero-order valence-electron chi connectivity index (χ0n) is 15.8. The number of thiophene rings is 1. The van der Waals surface area contributed by atoms with E-state index >= 15 is 0 Å². The molecular formula is C18H17F3N2O5S3. The Morgan fingerprint density at radius 3 is 2.48 bits per heavy atom. The number of para-hydroxylation sites is 1. The second-order valence-corrected chi connectivity index (χ2v) is 10.3. The predicted octanol–water partition coefficient (Wildman–Crippen LogP) is 3.30. The van der Waals surface area contributed by atoms with Gasteiger partial charge in [-0.1, -0.05) is 12.1 Å². The van der Waals surface area contributed by atoms with E-state index in [-0.39, 0.29) is 9.77 Å². The summed E-state index contributed by atoms with van der Waals surface area (Å²) in [4.78, 5) is 24.0. The van der Waals surface area contributed by atoms with Gasteiger partial charge in [-0.05, 0) is 23.6 Å². The lowest BCUT2D eigenvalue weighted by Crippen LogP contribution is -2.38. The quantitative estimate of drug-likeness (QED) is 0.620. The standard InChI is InChI=1S/C18H17F3N2O5S3/c19-18(20,21)12-3-1-2-4-13(12)22-15(24)11-28-17(25)16-14(5-8-30-16)31(26,27)23-6-9-29-10-7-23/h1-5,8H,6-7,9-11H2,(H,22,24). The van der Waals surface area contributed by atoms with Crippen molar-refractivity contribution in [3.63, 3.8) is 0 Å². The van der Waals surface area contributed by atoms with Gasteiger partial charge in [0.15, 0.2) is 6.61 Å². The number of carbonyl (C=O) groups excluding carboxylic acids is 2. The molecule has 1 aliphatic heterocycles. The van der Waals surface area contributed by atoms with Crippen molar-refractivity contribution in [2.45, 2.75) is 11.1 Å². The van der Waals surface area contributed by atoms with E-state index in [0.29, 0.717) is 24.6 Å². The number of sulfonamides is 1. The number of thioether (sulfide) groups is 1. The van der Waals surface area contributed by atoms with E-state index in [1.54, 1.807) is 11.8 Å². The molecule has 168 valence electrons. The Labute approximate surface area is 184 Å². The number of benzene rings is 1. The number of rotatable bonds is 6. The summed E-state index contributed by atoms with van der Waals surface area (Å²) in [6, 6.07) is 5.67. The third-order valence-corrected chi connectivity index (χ3v) is 8.15. The van der Waals surface area contributed by atoms with Gasteiger partial charge in [0, 0.05) is 24.6 Å². The van der Waals surface area contributed by atoms with Crippen LogP contribution in [0.2, 0.25) is 0 Å². The second-order valence-electron chi connectivity index (χ2n) is 6.30. The maximum absolute atomic E-state index is 13.0. The van der Waals surface area contributed by atoms with Crippen molar-refractivity contribution in [1.82, 2.24) is 4.31 Å². The number of carbonyl (C=O) groups is 2. The normalized spacial score (nSPS) is 15.5. The summed E-state index contributed by atoms with van der Waals surface area (Å²) in [5.74, 6) is -0.746. The molecule has 2 heterocycles. The van der Waals surface area contributed by atoms with Crippen LogP contribution in [0, 0.1) is 0 Å². The molecule has 1 saturated heterocycles. The van der Waals surface area contributed by atoms with Crippen molar-refractivity contribution in [3.8, 4) is 0 Å². The van der Waals surface area contributed by atoms with Crippen molar-refractivity contribution < 1.29 is 35.9 Å². The number of halogens is 3. The first-order valence-corrected chi connectivity index (χ1v) is 12.4. The fourth-order valence-corrected chi connectivity index (χ4v) is 6.66. The zero-order valence-corrected chi connectivity index (χ0v) is 18.3. The minimum absolute atomic E-state index is 0.193. The molecule has 7 nitrogen and oxygen atoms in total. The molecule has 1 aromatic heterocycles. The molecule has 0 unspecified atom stereocenters. The van der Waals surface area contributed by atoms with Crippen LogP contribution in [0.3, 0.4) is 0 Å². The molecule has 0 saturated carbocycles. The maximum atomic E-state index is 13.0. The summed E-state index contributed by atoms with van der Waals surface area (Å²) in [5.41, 5.74) is -1.51. The highest BCUT2D eigenvalue weighted by Gasteiger charge is 2.34. The Kier molecular flexibility index (Phi) is 7.29. The third-order valence-electron chi connectivity index (χ3n) is 4.24. The fraction of sp³-hybridized carbons (Fsp3) is 0.333.